The van der Waals surface area contributed by atoms with Crippen molar-refractivity contribution >= 4 is 5.91 Å². The topological polar surface area (TPSA) is 81.9 Å². The molecule has 27 heavy (non-hydrogen) atoms. The lowest BCUT2D eigenvalue weighted by Gasteiger charge is -2.14. The summed E-state index contributed by atoms with van der Waals surface area (Å²) >= 11 is 0. The number of amides is 1. The molecule has 1 aromatic heterocycles. The molecule has 2 aromatic carbocycles. The number of ether oxygens (including phenoxy) is 1. The molecule has 7 heteroatoms. The molecule has 0 saturated heterocycles. The van der Waals surface area contributed by atoms with Gasteiger partial charge in [0.05, 0.1) is 13.2 Å². The predicted octanol–water partition coefficient (Wildman–Crippen LogP) is 2.09. The van der Waals surface area contributed by atoms with Crippen LogP contribution in [0.25, 0.3) is 0 Å². The summed E-state index contributed by atoms with van der Waals surface area (Å²) in [5, 5.41) is 14.1. The second kappa shape index (κ2) is 7.99. The first-order valence-corrected chi connectivity index (χ1v) is 9.06. The normalized spacial score (nSPS) is 16.1. The highest BCUT2D eigenvalue weighted by atomic mass is 16.5. The van der Waals surface area contributed by atoms with E-state index in [1.807, 2.05) is 42.5 Å². The molecular weight excluding hydrogens is 342 g/mol. The number of para-hydroxylation sites is 1. The van der Waals surface area contributed by atoms with E-state index in [-0.39, 0.29) is 5.91 Å². The number of fused-ring (bicyclic) bond motifs is 1. The molecule has 1 N–H and O–H groups in total. The smallest absolute Gasteiger partial charge is 0.251 e. The quantitative estimate of drug-likeness (QED) is 0.751. The van der Waals surface area contributed by atoms with E-state index in [1.165, 1.54) is 5.56 Å². The average Bonchev–Trinajstić information content (AvgIpc) is 3.11. The number of hydrogen-bond donors (Lipinski definition) is 1. The van der Waals surface area contributed by atoms with Crippen molar-refractivity contribution in [1.29, 1.82) is 0 Å². The molecular formula is C20H21N5O2. The van der Waals surface area contributed by atoms with Crippen LogP contribution in [0.3, 0.4) is 0 Å². The summed E-state index contributed by atoms with van der Waals surface area (Å²) in [6.07, 6.45) is 3.41. The predicted molar refractivity (Wildman–Crippen MR) is 99.4 cm³/mol. The molecule has 2 heterocycles. The fraction of sp³-hybridized carbons (Fsp3) is 0.300. The third kappa shape index (κ3) is 4.31. The summed E-state index contributed by atoms with van der Waals surface area (Å²) < 4.78 is 7.44. The molecule has 4 rings (SSSR count). The summed E-state index contributed by atoms with van der Waals surface area (Å²) in [7, 11) is 0. The van der Waals surface area contributed by atoms with Gasteiger partial charge in [0.2, 0.25) is 0 Å². The van der Waals surface area contributed by atoms with E-state index in [2.05, 4.69) is 26.9 Å². The summed E-state index contributed by atoms with van der Waals surface area (Å²) in [5.74, 6) is 1.28. The highest BCUT2D eigenvalue weighted by Crippen LogP contribution is 2.26. The van der Waals surface area contributed by atoms with E-state index in [0.29, 0.717) is 31.2 Å². The maximum Gasteiger partial charge on any atom is 0.251 e. The fourth-order valence-corrected chi connectivity index (χ4v) is 3.28. The number of benzene rings is 2. The highest BCUT2D eigenvalue weighted by Gasteiger charge is 2.18. The Hall–Kier alpha value is -3.22. The molecule has 0 bridgehead atoms. The van der Waals surface area contributed by atoms with Crippen LogP contribution >= 0.6 is 0 Å². The van der Waals surface area contributed by atoms with Gasteiger partial charge in [-0.05, 0) is 58.5 Å². The van der Waals surface area contributed by atoms with Gasteiger partial charge >= 0.3 is 0 Å². The number of hydrogen-bond acceptors (Lipinski definition) is 5. The van der Waals surface area contributed by atoms with Crippen LogP contribution in [0.2, 0.25) is 0 Å². The van der Waals surface area contributed by atoms with Crippen LogP contribution in [0.5, 0.6) is 5.75 Å². The van der Waals surface area contributed by atoms with Crippen molar-refractivity contribution in [2.45, 2.75) is 19.4 Å². The molecule has 1 amide bonds. The molecule has 1 aliphatic rings. The van der Waals surface area contributed by atoms with E-state index in [4.69, 9.17) is 4.74 Å². The van der Waals surface area contributed by atoms with Gasteiger partial charge in [0.1, 0.15) is 12.1 Å². The van der Waals surface area contributed by atoms with Crippen molar-refractivity contribution < 1.29 is 9.53 Å². The molecule has 0 spiro atoms. The first kappa shape index (κ1) is 17.2. The molecule has 0 fully saturated rings. The van der Waals surface area contributed by atoms with Gasteiger partial charge in [0.25, 0.3) is 5.91 Å². The maximum absolute atomic E-state index is 12.5. The van der Waals surface area contributed by atoms with Crippen LogP contribution in [-0.4, -0.2) is 39.3 Å². The average molecular weight is 363 g/mol. The zero-order valence-electron chi connectivity index (χ0n) is 14.9. The minimum atomic E-state index is -0.0533. The number of nitrogens with one attached hydrogen (secondary N) is 1. The van der Waals surface area contributed by atoms with E-state index in [9.17, 15) is 4.79 Å². The van der Waals surface area contributed by atoms with Crippen molar-refractivity contribution in [2.75, 3.05) is 13.2 Å². The number of aromatic nitrogens is 4. The van der Waals surface area contributed by atoms with Crippen molar-refractivity contribution in [2.24, 2.45) is 5.92 Å². The molecule has 138 valence electrons. The minimum Gasteiger partial charge on any atom is -0.493 e. The third-order valence-electron chi connectivity index (χ3n) is 4.77. The van der Waals surface area contributed by atoms with Gasteiger partial charge < -0.3 is 10.1 Å². The molecule has 1 aliphatic heterocycles. The third-order valence-corrected chi connectivity index (χ3v) is 4.77. The van der Waals surface area contributed by atoms with Crippen LogP contribution in [0.15, 0.2) is 54.9 Å². The number of carbonyl (C=O) groups is 1. The van der Waals surface area contributed by atoms with E-state index < -0.39 is 0 Å². The first-order valence-electron chi connectivity index (χ1n) is 9.06. The second-order valence-electron chi connectivity index (χ2n) is 6.73. The van der Waals surface area contributed by atoms with Crippen LogP contribution in [0, 0.1) is 5.92 Å². The molecule has 7 nitrogen and oxygen atoms in total. The standard InChI is InChI=1S/C20H21N5O2/c26-20(17-7-5-15(6-8-17)13-25-14-22-23-24-25)21-12-16-9-10-27-19-4-2-1-3-18(19)11-16/h1-8,14,16H,9-13H2,(H,21,26)/t16-/m1/s1. The van der Waals surface area contributed by atoms with Gasteiger partial charge in [-0.3, -0.25) is 4.79 Å². The Labute approximate surface area is 157 Å². The van der Waals surface area contributed by atoms with Gasteiger partial charge in [-0.2, -0.15) is 0 Å². The summed E-state index contributed by atoms with van der Waals surface area (Å²) in [5.41, 5.74) is 2.90. The lowest BCUT2D eigenvalue weighted by atomic mass is 9.97. The highest BCUT2D eigenvalue weighted by molar-refractivity contribution is 5.94. The van der Waals surface area contributed by atoms with Crippen LogP contribution < -0.4 is 10.1 Å². The molecule has 1 atom stereocenters. The Balaban J connectivity index is 1.32. The van der Waals surface area contributed by atoms with E-state index in [1.54, 1.807) is 11.0 Å². The van der Waals surface area contributed by atoms with Crippen LogP contribution in [0.1, 0.15) is 27.9 Å². The van der Waals surface area contributed by atoms with E-state index in [0.717, 1.165) is 24.2 Å². The molecule has 0 radical (unpaired) electrons. The van der Waals surface area contributed by atoms with Crippen LogP contribution in [-0.2, 0) is 13.0 Å². The van der Waals surface area contributed by atoms with Gasteiger partial charge in [-0.1, -0.05) is 30.3 Å². The Morgan fingerprint density at radius 3 is 2.85 bits per heavy atom. The maximum atomic E-state index is 12.5. The van der Waals surface area contributed by atoms with Crippen molar-refractivity contribution in [3.05, 3.63) is 71.5 Å². The number of nitrogens with zero attached hydrogens (tertiary/aromatic N) is 4. The molecule has 0 unspecified atom stereocenters. The zero-order valence-corrected chi connectivity index (χ0v) is 14.9. The number of carbonyl (C=O) groups excluding carboxylic acids is 1. The van der Waals surface area contributed by atoms with Gasteiger partial charge in [-0.25, -0.2) is 4.68 Å². The van der Waals surface area contributed by atoms with E-state index >= 15 is 0 Å². The molecule has 0 saturated carbocycles. The minimum absolute atomic E-state index is 0.0533. The molecule has 3 aromatic rings. The first-order chi connectivity index (χ1) is 13.3. The summed E-state index contributed by atoms with van der Waals surface area (Å²) in [6, 6.07) is 15.6. The fourth-order valence-electron chi connectivity index (χ4n) is 3.28. The van der Waals surface area contributed by atoms with Gasteiger partial charge in [-0.15, -0.1) is 5.10 Å². The monoisotopic (exact) mass is 363 g/mol. The van der Waals surface area contributed by atoms with Gasteiger partial charge in [0.15, 0.2) is 0 Å². The number of tetrazole rings is 1. The van der Waals surface area contributed by atoms with Gasteiger partial charge in [0, 0.05) is 12.1 Å². The lowest BCUT2D eigenvalue weighted by Crippen LogP contribution is -2.30. The number of rotatable bonds is 5. The zero-order chi connectivity index (χ0) is 18.5. The Kier molecular flexibility index (Phi) is 5.09. The molecule has 0 aliphatic carbocycles. The SMILES string of the molecule is O=C(NC[C@@H]1CCOc2ccccc2C1)c1ccc(Cn2cnnn2)cc1. The van der Waals surface area contributed by atoms with Crippen molar-refractivity contribution in [3.63, 3.8) is 0 Å². The van der Waals surface area contributed by atoms with Crippen molar-refractivity contribution in [1.82, 2.24) is 25.5 Å². The van der Waals surface area contributed by atoms with Crippen LogP contribution in [0.4, 0.5) is 0 Å². The summed E-state index contributed by atoms with van der Waals surface area (Å²) in [6.45, 7) is 1.91. The largest absolute Gasteiger partial charge is 0.493 e. The Morgan fingerprint density at radius 2 is 2.04 bits per heavy atom. The van der Waals surface area contributed by atoms with Crippen molar-refractivity contribution in [3.8, 4) is 5.75 Å². The Bertz CT molecular complexity index is 893. The lowest BCUT2D eigenvalue weighted by molar-refractivity contribution is 0.0945. The second-order valence-corrected chi connectivity index (χ2v) is 6.73. The Morgan fingerprint density at radius 1 is 1.19 bits per heavy atom. The summed E-state index contributed by atoms with van der Waals surface area (Å²) in [4.78, 5) is 12.5.